The number of rotatable bonds is 13. The fourth-order valence-electron chi connectivity index (χ4n) is 8.65. The molecule has 1 unspecified atom stereocenters. The number of anilines is 2. The van der Waals surface area contributed by atoms with Crippen LogP contribution in [0.1, 0.15) is 78.4 Å². The van der Waals surface area contributed by atoms with Crippen LogP contribution in [0.3, 0.4) is 0 Å². The molecule has 60 heavy (non-hydrogen) atoms. The zero-order chi connectivity index (χ0) is 41.2. The van der Waals surface area contributed by atoms with Crippen molar-refractivity contribution in [2.24, 2.45) is 5.92 Å². The lowest BCUT2D eigenvalue weighted by atomic mass is 9.77. The molecular weight excluding hydrogens is 781 g/mol. The largest absolute Gasteiger partial charge is 0.455 e. The molecule has 9 rings (SSSR count). The van der Waals surface area contributed by atoms with Crippen molar-refractivity contribution in [1.82, 2.24) is 14.7 Å². The van der Waals surface area contributed by atoms with Crippen molar-refractivity contribution < 1.29 is 27.6 Å². The molecule has 2 saturated heterocycles. The average molecular weight is 827 g/mol. The third-order valence-electron chi connectivity index (χ3n) is 12.1. The Bertz CT molecular complexity index is 2660. The van der Waals surface area contributed by atoms with E-state index >= 15 is 0 Å². The summed E-state index contributed by atoms with van der Waals surface area (Å²) in [4.78, 5) is 34.9. The summed E-state index contributed by atoms with van der Waals surface area (Å²) in [7, 11) is -4.56. The van der Waals surface area contributed by atoms with E-state index in [-0.39, 0.29) is 22.9 Å². The third-order valence-corrected chi connectivity index (χ3v) is 13.5. The van der Waals surface area contributed by atoms with E-state index in [0.29, 0.717) is 43.1 Å². The summed E-state index contributed by atoms with van der Waals surface area (Å²) in [5.74, 6) is 0.404. The number of ether oxygens (including phenoxy) is 2. The van der Waals surface area contributed by atoms with E-state index in [2.05, 4.69) is 61.3 Å². The summed E-state index contributed by atoms with van der Waals surface area (Å²) in [5.41, 5.74) is 6.07. The maximum Gasteiger partial charge on any atom is 0.293 e. The molecule has 1 amide bonds. The van der Waals surface area contributed by atoms with Gasteiger partial charge in [-0.05, 0) is 121 Å². The van der Waals surface area contributed by atoms with Gasteiger partial charge < -0.3 is 24.7 Å². The van der Waals surface area contributed by atoms with E-state index in [9.17, 15) is 23.3 Å². The molecule has 308 valence electrons. The molecule has 14 heteroatoms. The highest BCUT2D eigenvalue weighted by Crippen LogP contribution is 2.44. The maximum atomic E-state index is 13.9. The summed E-state index contributed by atoms with van der Waals surface area (Å²) < 4.78 is 41.1. The number of nitrogens with one attached hydrogen (secondary N) is 3. The smallest absolute Gasteiger partial charge is 0.293 e. The number of aromatic nitrogens is 2. The van der Waals surface area contributed by atoms with E-state index in [0.717, 1.165) is 60.5 Å². The molecule has 13 nitrogen and oxygen atoms in total. The minimum Gasteiger partial charge on any atom is -0.455 e. The fourth-order valence-corrected chi connectivity index (χ4v) is 9.63. The first-order chi connectivity index (χ1) is 29.2. The van der Waals surface area contributed by atoms with Crippen molar-refractivity contribution in [1.29, 1.82) is 0 Å². The van der Waals surface area contributed by atoms with Gasteiger partial charge in [0.05, 0.1) is 27.6 Å². The van der Waals surface area contributed by atoms with Crippen LogP contribution in [0.25, 0.3) is 22.2 Å². The number of hydrogen-bond acceptors (Lipinski definition) is 10. The minimum absolute atomic E-state index is 0.0533. The molecule has 0 radical (unpaired) electrons. The maximum absolute atomic E-state index is 13.9. The second-order valence-electron chi connectivity index (χ2n) is 15.9. The number of hydrogen-bond donors (Lipinski definition) is 3. The van der Waals surface area contributed by atoms with Gasteiger partial charge in [-0.15, -0.1) is 0 Å². The van der Waals surface area contributed by atoms with Gasteiger partial charge in [0.25, 0.3) is 21.6 Å². The first-order valence-corrected chi connectivity index (χ1v) is 22.1. The number of nitrogens with zero attached hydrogens (tertiary/aromatic N) is 3. The van der Waals surface area contributed by atoms with E-state index in [4.69, 9.17) is 9.47 Å². The first kappa shape index (κ1) is 39.2. The van der Waals surface area contributed by atoms with Gasteiger partial charge in [0, 0.05) is 49.6 Å². The number of amides is 1. The second-order valence-corrected chi connectivity index (χ2v) is 17.5. The lowest BCUT2D eigenvalue weighted by Gasteiger charge is -2.33. The van der Waals surface area contributed by atoms with Crippen molar-refractivity contribution in [2.75, 3.05) is 36.5 Å². The van der Waals surface area contributed by atoms with Gasteiger partial charge in [0.2, 0.25) is 0 Å². The molecule has 1 saturated carbocycles. The Morgan fingerprint density at radius 3 is 2.45 bits per heavy atom. The van der Waals surface area contributed by atoms with Gasteiger partial charge in [0.1, 0.15) is 22.8 Å². The van der Waals surface area contributed by atoms with Gasteiger partial charge in [0.15, 0.2) is 0 Å². The highest BCUT2D eigenvalue weighted by Gasteiger charge is 2.32. The molecule has 3 N–H and O–H groups in total. The molecular formula is C46H46N6O7S. The minimum atomic E-state index is -4.56. The number of sulfonamides is 1. The lowest BCUT2D eigenvalue weighted by Crippen LogP contribution is -2.31. The summed E-state index contributed by atoms with van der Waals surface area (Å²) in [6.07, 6.45) is 10.9. The Labute approximate surface area is 348 Å². The van der Waals surface area contributed by atoms with Gasteiger partial charge >= 0.3 is 0 Å². The van der Waals surface area contributed by atoms with E-state index in [1.807, 2.05) is 18.2 Å². The summed E-state index contributed by atoms with van der Waals surface area (Å²) >= 11 is 0. The van der Waals surface area contributed by atoms with Gasteiger partial charge in [-0.2, -0.15) is 0 Å². The fraction of sp³-hybridized carbons (Fsp3) is 0.304. The number of carbonyl (C=O) groups is 1. The Morgan fingerprint density at radius 2 is 1.68 bits per heavy atom. The molecule has 0 spiro atoms. The molecule has 2 aromatic heterocycles. The summed E-state index contributed by atoms with van der Waals surface area (Å²) in [6, 6.07) is 29.7. The normalized spacial score (nSPS) is 17.3. The van der Waals surface area contributed by atoms with Crippen molar-refractivity contribution in [3.05, 3.63) is 136 Å². The molecule has 4 aromatic carbocycles. The Balaban J connectivity index is 0.978. The second kappa shape index (κ2) is 16.8. The van der Waals surface area contributed by atoms with Crippen LogP contribution in [0.5, 0.6) is 11.5 Å². The number of carbonyl (C=O) groups excluding carboxylic acids is 1. The zero-order valence-electron chi connectivity index (χ0n) is 33.0. The molecule has 1 aliphatic carbocycles. The van der Waals surface area contributed by atoms with Gasteiger partial charge in [-0.3, -0.25) is 14.9 Å². The summed E-state index contributed by atoms with van der Waals surface area (Å²) in [6.45, 7) is 2.71. The number of nitro groups is 1. The Kier molecular flexibility index (Phi) is 11.0. The topological polar surface area (TPSA) is 169 Å². The highest BCUT2D eigenvalue weighted by molar-refractivity contribution is 7.90. The van der Waals surface area contributed by atoms with Crippen molar-refractivity contribution in [3.63, 3.8) is 0 Å². The Morgan fingerprint density at radius 1 is 0.900 bits per heavy atom. The highest BCUT2D eigenvalue weighted by atomic mass is 32.2. The number of benzene rings is 4. The van der Waals surface area contributed by atoms with Crippen molar-refractivity contribution in [2.45, 2.75) is 61.8 Å². The number of H-pyrrole nitrogens is 1. The number of nitro benzene ring substituents is 1. The molecule has 3 aliphatic rings. The quantitative estimate of drug-likeness (QED) is 0.0753. The average Bonchev–Trinajstić information content (AvgIpc) is 3.93. The molecule has 1 atom stereocenters. The lowest BCUT2D eigenvalue weighted by molar-refractivity contribution is -0.384. The van der Waals surface area contributed by atoms with Crippen molar-refractivity contribution >= 4 is 44.0 Å². The predicted octanol–water partition coefficient (Wildman–Crippen LogP) is 9.50. The molecule has 2 aliphatic heterocycles. The third kappa shape index (κ3) is 8.17. The van der Waals surface area contributed by atoms with Crippen molar-refractivity contribution in [3.8, 4) is 22.6 Å². The molecule has 6 aromatic rings. The molecule has 3 fully saturated rings. The van der Waals surface area contributed by atoms with Gasteiger partial charge in [-0.25, -0.2) is 18.1 Å². The van der Waals surface area contributed by atoms with Crippen LogP contribution in [0.15, 0.2) is 114 Å². The van der Waals surface area contributed by atoms with Crippen LogP contribution in [0.4, 0.5) is 17.1 Å². The van der Waals surface area contributed by atoms with Gasteiger partial charge in [-0.1, -0.05) is 48.9 Å². The van der Waals surface area contributed by atoms with Crippen LogP contribution in [-0.4, -0.2) is 55.5 Å². The Hall–Kier alpha value is -6.25. The van der Waals surface area contributed by atoms with Crippen LogP contribution in [-0.2, 0) is 14.8 Å². The molecule has 0 bridgehead atoms. The predicted molar refractivity (Wildman–Crippen MR) is 230 cm³/mol. The zero-order valence-corrected chi connectivity index (χ0v) is 33.8. The number of fused-ring (bicyclic) bond motifs is 1. The van der Waals surface area contributed by atoms with Crippen LogP contribution < -0.4 is 19.7 Å². The SMILES string of the molecule is O=C(NS(=O)(=O)c1ccc(NCC2CCOCC2)c([N+](=O)[O-])c1)c1ccc(-c2ccc(N3CCCC3c3ccccc3C3CCC3)cc2)cc1Oc1cnc2[nH]ccc2c1. The van der Waals surface area contributed by atoms with E-state index < -0.39 is 31.4 Å². The number of pyridine rings is 1. The van der Waals surface area contributed by atoms with Crippen LogP contribution in [0.2, 0.25) is 0 Å². The number of aromatic amines is 1. The van der Waals surface area contributed by atoms with Crippen LogP contribution in [0, 0.1) is 16.0 Å². The van der Waals surface area contributed by atoms with Crippen LogP contribution >= 0.6 is 0 Å². The standard InChI is InChI=1S/C46H46N6O7S/c53-46(50-60(56,57)37-15-17-41(43(27-37)52(54)55)48-28-30-19-23-58-24-20-30)40-16-12-33(26-44(40)59-36-25-34-18-21-47-45(34)49-29-36)31-10-13-35(14-11-31)51-22-4-9-42(51)39-8-2-1-7-38(39)32-5-3-6-32/h1-2,7-8,10-18,21,25-27,29-30,32,42,48H,3-6,9,19-20,22-24,28H2,(H,47,49)(H,50,53). The van der Waals surface area contributed by atoms with E-state index in [1.54, 1.807) is 24.4 Å². The summed E-state index contributed by atoms with van der Waals surface area (Å²) in [5, 5.41) is 16.0. The van der Waals surface area contributed by atoms with E-state index in [1.165, 1.54) is 54.8 Å². The molecule has 4 heterocycles. The first-order valence-electron chi connectivity index (χ1n) is 20.6. The monoisotopic (exact) mass is 826 g/mol.